The van der Waals surface area contributed by atoms with E-state index in [1.807, 2.05) is 30.3 Å². The third-order valence-corrected chi connectivity index (χ3v) is 4.31. The summed E-state index contributed by atoms with van der Waals surface area (Å²) < 4.78 is 0. The van der Waals surface area contributed by atoms with E-state index in [1.54, 1.807) is 18.5 Å². The molecular weight excluding hydrogens is 284 g/mol. The third kappa shape index (κ3) is 2.50. The molecule has 0 saturated heterocycles. The van der Waals surface area contributed by atoms with Gasteiger partial charge in [0, 0.05) is 41.7 Å². The lowest BCUT2D eigenvalue weighted by molar-refractivity contribution is 0.0977. The number of carbonyl (C=O) groups excluding carboxylic acids is 1. The number of pyridine rings is 1. The van der Waals surface area contributed by atoms with Crippen molar-refractivity contribution in [1.82, 2.24) is 4.98 Å². The molecule has 1 aliphatic heterocycles. The number of Topliss-reactive ketones (excluding diaryl/α,β-unsaturated/α-hetero) is 1. The zero-order chi connectivity index (χ0) is 15.6. The van der Waals surface area contributed by atoms with Crippen LogP contribution >= 0.6 is 0 Å². The fourth-order valence-corrected chi connectivity index (χ4v) is 3.19. The number of para-hydroxylation sites is 2. The van der Waals surface area contributed by atoms with E-state index in [9.17, 15) is 4.79 Å². The molecule has 2 aromatic carbocycles. The average Bonchev–Trinajstić information content (AvgIpc) is 2.62. The first-order valence-corrected chi connectivity index (χ1v) is 7.71. The highest BCUT2D eigenvalue weighted by Gasteiger charge is 2.27. The smallest absolute Gasteiger partial charge is 0.165 e. The summed E-state index contributed by atoms with van der Waals surface area (Å²) >= 11 is 0. The molecule has 3 heteroatoms. The summed E-state index contributed by atoms with van der Waals surface area (Å²) in [5.41, 5.74) is 5.17. The summed E-state index contributed by atoms with van der Waals surface area (Å²) in [6.07, 6.45) is 3.77. The van der Waals surface area contributed by atoms with Crippen molar-refractivity contribution in [3.63, 3.8) is 0 Å². The SMILES string of the molecule is O=C(CC1c2ccccc2Nc2ccccc21)c1cccnc1. The molecule has 0 amide bonds. The number of nitrogens with one attached hydrogen (secondary N) is 1. The van der Waals surface area contributed by atoms with Crippen LogP contribution in [0.4, 0.5) is 11.4 Å². The van der Waals surface area contributed by atoms with Gasteiger partial charge in [0.15, 0.2) is 5.78 Å². The Morgan fingerprint density at radius 2 is 1.57 bits per heavy atom. The number of hydrogen-bond donors (Lipinski definition) is 1. The van der Waals surface area contributed by atoms with E-state index in [2.05, 4.69) is 34.6 Å². The van der Waals surface area contributed by atoms with E-state index in [4.69, 9.17) is 0 Å². The Kier molecular flexibility index (Phi) is 3.39. The van der Waals surface area contributed by atoms with Crippen molar-refractivity contribution >= 4 is 17.2 Å². The predicted molar refractivity (Wildman–Crippen MR) is 91.2 cm³/mol. The second-order valence-corrected chi connectivity index (χ2v) is 5.72. The molecule has 0 spiro atoms. The first-order valence-electron chi connectivity index (χ1n) is 7.71. The summed E-state index contributed by atoms with van der Waals surface area (Å²) in [5.74, 6) is 0.186. The number of anilines is 2. The number of rotatable bonds is 3. The van der Waals surface area contributed by atoms with Gasteiger partial charge in [-0.05, 0) is 35.4 Å². The molecule has 0 saturated carbocycles. The molecule has 2 heterocycles. The van der Waals surface area contributed by atoms with Crippen molar-refractivity contribution in [2.45, 2.75) is 12.3 Å². The fourth-order valence-electron chi connectivity index (χ4n) is 3.19. The van der Waals surface area contributed by atoms with Crippen molar-refractivity contribution < 1.29 is 4.79 Å². The highest BCUT2D eigenvalue weighted by atomic mass is 16.1. The normalized spacial score (nSPS) is 12.9. The average molecular weight is 300 g/mol. The molecule has 1 N–H and O–H groups in total. The van der Waals surface area contributed by atoms with E-state index >= 15 is 0 Å². The van der Waals surface area contributed by atoms with E-state index < -0.39 is 0 Å². The Hall–Kier alpha value is -2.94. The van der Waals surface area contributed by atoms with Gasteiger partial charge in [0.05, 0.1) is 0 Å². The number of fused-ring (bicyclic) bond motifs is 2. The first kappa shape index (κ1) is 13.7. The molecule has 1 aliphatic rings. The molecule has 4 rings (SSSR count). The maximum absolute atomic E-state index is 12.7. The minimum Gasteiger partial charge on any atom is -0.355 e. The lowest BCUT2D eigenvalue weighted by Gasteiger charge is -2.29. The molecule has 0 radical (unpaired) electrons. The molecule has 23 heavy (non-hydrogen) atoms. The second kappa shape index (κ2) is 5.69. The Morgan fingerprint density at radius 1 is 0.913 bits per heavy atom. The largest absolute Gasteiger partial charge is 0.355 e. The van der Waals surface area contributed by atoms with Crippen LogP contribution in [0.15, 0.2) is 73.1 Å². The third-order valence-electron chi connectivity index (χ3n) is 4.31. The molecule has 3 nitrogen and oxygen atoms in total. The maximum Gasteiger partial charge on any atom is 0.165 e. The highest BCUT2D eigenvalue weighted by Crippen LogP contribution is 2.43. The topological polar surface area (TPSA) is 42.0 Å². The molecule has 3 aromatic rings. The second-order valence-electron chi connectivity index (χ2n) is 5.72. The summed E-state index contributed by atoms with van der Waals surface area (Å²) in [7, 11) is 0. The van der Waals surface area contributed by atoms with Gasteiger partial charge in [0.1, 0.15) is 0 Å². The van der Waals surface area contributed by atoms with E-state index in [1.165, 1.54) is 11.1 Å². The Balaban J connectivity index is 1.74. The van der Waals surface area contributed by atoms with Gasteiger partial charge in [-0.2, -0.15) is 0 Å². The van der Waals surface area contributed by atoms with Gasteiger partial charge in [0.25, 0.3) is 0 Å². The molecular formula is C20H16N2O. The van der Waals surface area contributed by atoms with E-state index in [-0.39, 0.29) is 11.7 Å². The molecule has 0 bridgehead atoms. The van der Waals surface area contributed by atoms with Gasteiger partial charge in [-0.1, -0.05) is 36.4 Å². The maximum atomic E-state index is 12.7. The van der Waals surface area contributed by atoms with Gasteiger partial charge in [-0.25, -0.2) is 0 Å². The summed E-state index contributed by atoms with van der Waals surface area (Å²) in [6, 6.07) is 20.0. The monoisotopic (exact) mass is 300 g/mol. The molecule has 112 valence electrons. The van der Waals surface area contributed by atoms with Crippen LogP contribution in [-0.2, 0) is 0 Å². The van der Waals surface area contributed by atoms with Crippen molar-refractivity contribution in [3.05, 3.63) is 89.7 Å². The summed E-state index contributed by atoms with van der Waals surface area (Å²) in [5, 5.41) is 3.46. The van der Waals surface area contributed by atoms with Crippen LogP contribution in [0.25, 0.3) is 0 Å². The zero-order valence-electron chi connectivity index (χ0n) is 12.6. The lowest BCUT2D eigenvalue weighted by Crippen LogP contribution is -2.16. The van der Waals surface area contributed by atoms with Crippen LogP contribution in [-0.4, -0.2) is 10.8 Å². The van der Waals surface area contributed by atoms with Crippen LogP contribution in [0.2, 0.25) is 0 Å². The minimum absolute atomic E-state index is 0.0661. The number of aromatic nitrogens is 1. The predicted octanol–water partition coefficient (Wildman–Crippen LogP) is 4.54. The molecule has 0 unspecified atom stereocenters. The van der Waals surface area contributed by atoms with E-state index in [0.29, 0.717) is 12.0 Å². The quantitative estimate of drug-likeness (QED) is 0.722. The number of ketones is 1. The van der Waals surface area contributed by atoms with Crippen LogP contribution in [0, 0.1) is 0 Å². The van der Waals surface area contributed by atoms with Crippen LogP contribution in [0.5, 0.6) is 0 Å². The lowest BCUT2D eigenvalue weighted by atomic mass is 9.82. The summed E-state index contributed by atoms with van der Waals surface area (Å²) in [4.78, 5) is 16.7. The highest BCUT2D eigenvalue weighted by molar-refractivity contribution is 5.97. The van der Waals surface area contributed by atoms with Crippen LogP contribution < -0.4 is 5.32 Å². The van der Waals surface area contributed by atoms with Crippen LogP contribution in [0.1, 0.15) is 33.8 Å². The van der Waals surface area contributed by atoms with Crippen molar-refractivity contribution in [2.75, 3.05) is 5.32 Å². The van der Waals surface area contributed by atoms with Gasteiger partial charge < -0.3 is 5.32 Å². The fraction of sp³-hybridized carbons (Fsp3) is 0.100. The Labute approximate surface area is 135 Å². The number of carbonyl (C=O) groups is 1. The summed E-state index contributed by atoms with van der Waals surface area (Å²) in [6.45, 7) is 0. The van der Waals surface area contributed by atoms with Gasteiger partial charge in [-0.3, -0.25) is 9.78 Å². The zero-order valence-corrected chi connectivity index (χ0v) is 12.6. The van der Waals surface area contributed by atoms with Crippen molar-refractivity contribution in [2.24, 2.45) is 0 Å². The Bertz CT molecular complexity index is 813. The standard InChI is InChI=1S/C20H16N2O/c23-20(14-6-5-11-21-13-14)12-17-15-7-1-3-9-18(15)22-19-10-4-2-8-16(17)19/h1-11,13,17,22H,12H2. The Morgan fingerprint density at radius 3 is 2.17 bits per heavy atom. The van der Waals surface area contributed by atoms with Gasteiger partial charge in [0.2, 0.25) is 0 Å². The first-order chi connectivity index (χ1) is 11.3. The van der Waals surface area contributed by atoms with Crippen LogP contribution in [0.3, 0.4) is 0 Å². The molecule has 1 aromatic heterocycles. The molecule has 0 fully saturated rings. The number of hydrogen-bond acceptors (Lipinski definition) is 3. The minimum atomic E-state index is 0.0661. The molecule has 0 aliphatic carbocycles. The van der Waals surface area contributed by atoms with E-state index in [0.717, 1.165) is 11.4 Å². The van der Waals surface area contributed by atoms with Gasteiger partial charge >= 0.3 is 0 Å². The van der Waals surface area contributed by atoms with Gasteiger partial charge in [-0.15, -0.1) is 0 Å². The molecule has 0 atom stereocenters. The number of nitrogens with zero attached hydrogens (tertiary/aromatic N) is 1. The number of benzene rings is 2. The van der Waals surface area contributed by atoms with Crippen molar-refractivity contribution in [1.29, 1.82) is 0 Å². The van der Waals surface area contributed by atoms with Crippen molar-refractivity contribution in [3.8, 4) is 0 Å².